The van der Waals surface area contributed by atoms with E-state index in [1.54, 1.807) is 30.0 Å². The molecule has 1 atom stereocenters. The van der Waals surface area contributed by atoms with E-state index in [4.69, 9.17) is 9.47 Å². The molecule has 0 heterocycles. The summed E-state index contributed by atoms with van der Waals surface area (Å²) in [5.74, 6) is -1.55. The first kappa shape index (κ1) is 17.5. The Balaban J connectivity index is 2.04. The van der Waals surface area contributed by atoms with Gasteiger partial charge in [0.15, 0.2) is 0 Å². The van der Waals surface area contributed by atoms with Crippen LogP contribution in [0.4, 0.5) is 0 Å². The molecule has 4 heteroatoms. The van der Waals surface area contributed by atoms with Crippen LogP contribution in [0.3, 0.4) is 0 Å². The number of ketones is 1. The molecule has 0 amide bonds. The van der Waals surface area contributed by atoms with Gasteiger partial charge >= 0.3 is 0 Å². The number of carbonyl (C=O) groups excluding carboxylic acids is 1. The number of allylic oxidation sites excluding steroid dienone is 3. The predicted molar refractivity (Wildman–Crippen MR) is 94.2 cm³/mol. The van der Waals surface area contributed by atoms with Crippen molar-refractivity contribution >= 4 is 17.5 Å². The van der Waals surface area contributed by atoms with Crippen LogP contribution in [0.15, 0.2) is 82.7 Å². The molecule has 120 valence electrons. The number of thioether (sulfide) groups is 1. The monoisotopic (exact) mass is 328 g/mol. The van der Waals surface area contributed by atoms with Crippen LogP contribution >= 0.6 is 11.8 Å². The fourth-order valence-corrected chi connectivity index (χ4v) is 2.91. The fourth-order valence-electron chi connectivity index (χ4n) is 2.11. The quantitative estimate of drug-likeness (QED) is 0.425. The van der Waals surface area contributed by atoms with Crippen molar-refractivity contribution < 1.29 is 14.3 Å². The third-order valence-corrected chi connectivity index (χ3v) is 4.40. The van der Waals surface area contributed by atoms with Crippen LogP contribution in [0.1, 0.15) is 6.92 Å². The van der Waals surface area contributed by atoms with Gasteiger partial charge in [0.25, 0.3) is 5.79 Å². The smallest absolute Gasteiger partial charge is 0.254 e. The topological polar surface area (TPSA) is 35.5 Å². The van der Waals surface area contributed by atoms with Gasteiger partial charge in [0.1, 0.15) is 0 Å². The first-order valence-electron chi connectivity index (χ1n) is 7.26. The van der Waals surface area contributed by atoms with Gasteiger partial charge in [-0.1, -0.05) is 48.7 Å². The molecule has 1 aromatic carbocycles. The highest BCUT2D eigenvalue weighted by atomic mass is 32.2. The van der Waals surface area contributed by atoms with E-state index in [9.17, 15) is 4.79 Å². The van der Waals surface area contributed by atoms with Crippen LogP contribution < -0.4 is 0 Å². The van der Waals surface area contributed by atoms with E-state index in [0.717, 1.165) is 15.4 Å². The zero-order chi connectivity index (χ0) is 16.7. The summed E-state index contributed by atoms with van der Waals surface area (Å²) >= 11 is 1.59. The molecule has 0 aliphatic heterocycles. The number of rotatable bonds is 7. The highest BCUT2D eigenvalue weighted by molar-refractivity contribution is 8.03. The van der Waals surface area contributed by atoms with Crippen LogP contribution in [0.5, 0.6) is 0 Å². The number of carbonyl (C=O) groups is 1. The van der Waals surface area contributed by atoms with Crippen LogP contribution in [-0.4, -0.2) is 25.3 Å². The predicted octanol–water partition coefficient (Wildman–Crippen LogP) is 4.29. The number of methoxy groups -OCH3 is 1. The summed E-state index contributed by atoms with van der Waals surface area (Å²) in [4.78, 5) is 14.2. The van der Waals surface area contributed by atoms with Gasteiger partial charge in [-0.2, -0.15) is 0 Å². The molecule has 1 aliphatic rings. The summed E-state index contributed by atoms with van der Waals surface area (Å²) < 4.78 is 11.1. The SMILES string of the molecule is C=C/C(=C/COC1(OC)C=C(C)C=CC1=O)Sc1ccccc1. The van der Waals surface area contributed by atoms with E-state index in [-0.39, 0.29) is 12.4 Å². The number of ether oxygens (including phenoxy) is 2. The van der Waals surface area contributed by atoms with Gasteiger partial charge in [-0.15, -0.1) is 0 Å². The summed E-state index contributed by atoms with van der Waals surface area (Å²) in [6, 6.07) is 10.0. The molecule has 0 saturated carbocycles. The standard InChI is InChI=1S/C19H20O3S/c1-4-16(23-17-8-6-5-7-9-17)12-13-22-19(21-3)14-15(2)10-11-18(19)20/h4-12,14H,1,13H2,2-3H3/b16-12-. The Labute approximate surface area is 141 Å². The third-order valence-electron chi connectivity index (χ3n) is 3.32. The minimum Gasteiger partial charge on any atom is -0.344 e. The molecule has 0 spiro atoms. The molecular weight excluding hydrogens is 308 g/mol. The second-order valence-corrected chi connectivity index (χ2v) is 6.14. The third kappa shape index (κ3) is 4.55. The summed E-state index contributed by atoms with van der Waals surface area (Å²) in [5.41, 5.74) is 0.929. The highest BCUT2D eigenvalue weighted by Gasteiger charge is 2.37. The van der Waals surface area contributed by atoms with Gasteiger partial charge in [-0.25, -0.2) is 0 Å². The molecule has 2 rings (SSSR count). The molecule has 0 fully saturated rings. The normalized spacial score (nSPS) is 21.2. The fraction of sp³-hybridized carbons (Fsp3) is 0.211. The molecule has 1 aliphatic carbocycles. The molecule has 3 nitrogen and oxygen atoms in total. The zero-order valence-corrected chi connectivity index (χ0v) is 14.1. The van der Waals surface area contributed by atoms with Gasteiger partial charge in [-0.3, -0.25) is 4.79 Å². The molecule has 23 heavy (non-hydrogen) atoms. The van der Waals surface area contributed by atoms with Crippen molar-refractivity contribution in [1.29, 1.82) is 0 Å². The van der Waals surface area contributed by atoms with Crippen molar-refractivity contribution in [3.63, 3.8) is 0 Å². The van der Waals surface area contributed by atoms with Gasteiger partial charge in [0, 0.05) is 16.9 Å². The Bertz CT molecular complexity index is 658. The minimum atomic E-state index is -1.33. The maximum absolute atomic E-state index is 12.1. The molecule has 0 bridgehead atoms. The van der Waals surface area contributed by atoms with E-state index >= 15 is 0 Å². The Morgan fingerprint density at radius 2 is 2.04 bits per heavy atom. The lowest BCUT2D eigenvalue weighted by Crippen LogP contribution is -2.42. The number of benzene rings is 1. The number of hydrogen-bond donors (Lipinski definition) is 0. The van der Waals surface area contributed by atoms with E-state index in [2.05, 4.69) is 6.58 Å². The van der Waals surface area contributed by atoms with E-state index in [1.165, 1.54) is 13.2 Å². The van der Waals surface area contributed by atoms with Crippen molar-refractivity contribution in [2.24, 2.45) is 0 Å². The largest absolute Gasteiger partial charge is 0.344 e. The molecule has 0 aromatic heterocycles. The van der Waals surface area contributed by atoms with Gasteiger partial charge < -0.3 is 9.47 Å². The average molecular weight is 328 g/mol. The lowest BCUT2D eigenvalue weighted by atomic mass is 10.0. The molecular formula is C19H20O3S. The second-order valence-electron chi connectivity index (χ2n) is 4.99. The average Bonchev–Trinajstić information content (AvgIpc) is 2.58. The lowest BCUT2D eigenvalue weighted by molar-refractivity contribution is -0.187. The Hall–Kier alpha value is -1.88. The Morgan fingerprint density at radius 3 is 2.70 bits per heavy atom. The van der Waals surface area contributed by atoms with Gasteiger partial charge in [0.05, 0.1) is 6.61 Å². The molecule has 0 radical (unpaired) electrons. The van der Waals surface area contributed by atoms with Gasteiger partial charge in [0.2, 0.25) is 5.78 Å². The number of hydrogen-bond acceptors (Lipinski definition) is 4. The molecule has 0 saturated heterocycles. The maximum Gasteiger partial charge on any atom is 0.254 e. The molecule has 0 N–H and O–H groups in total. The van der Waals surface area contributed by atoms with Crippen LogP contribution in [0.2, 0.25) is 0 Å². The molecule has 1 aromatic rings. The summed E-state index contributed by atoms with van der Waals surface area (Å²) in [6.07, 6.45) is 8.58. The van der Waals surface area contributed by atoms with E-state index in [1.807, 2.05) is 43.3 Å². The Kier molecular flexibility index (Phi) is 6.16. The highest BCUT2D eigenvalue weighted by Crippen LogP contribution is 2.28. The van der Waals surface area contributed by atoms with Crippen LogP contribution in [0.25, 0.3) is 0 Å². The zero-order valence-electron chi connectivity index (χ0n) is 13.3. The second kappa shape index (κ2) is 8.11. The lowest BCUT2D eigenvalue weighted by Gasteiger charge is -2.28. The van der Waals surface area contributed by atoms with Crippen LogP contribution in [0, 0.1) is 0 Å². The summed E-state index contributed by atoms with van der Waals surface area (Å²) in [5, 5.41) is 0. The minimum absolute atomic E-state index is 0.213. The first-order valence-corrected chi connectivity index (χ1v) is 8.08. The van der Waals surface area contributed by atoms with E-state index in [0.29, 0.717) is 0 Å². The van der Waals surface area contributed by atoms with Crippen molar-refractivity contribution in [3.8, 4) is 0 Å². The molecule has 1 unspecified atom stereocenters. The van der Waals surface area contributed by atoms with Gasteiger partial charge in [-0.05, 0) is 42.9 Å². The first-order chi connectivity index (χ1) is 11.1. The van der Waals surface area contributed by atoms with Crippen molar-refractivity contribution in [2.75, 3.05) is 13.7 Å². The summed E-state index contributed by atoms with van der Waals surface area (Å²) in [7, 11) is 1.47. The van der Waals surface area contributed by atoms with Crippen molar-refractivity contribution in [1.82, 2.24) is 0 Å². The van der Waals surface area contributed by atoms with Crippen LogP contribution in [-0.2, 0) is 14.3 Å². The maximum atomic E-state index is 12.1. The van der Waals surface area contributed by atoms with Crippen molar-refractivity contribution in [3.05, 3.63) is 77.8 Å². The van der Waals surface area contributed by atoms with E-state index < -0.39 is 5.79 Å². The Morgan fingerprint density at radius 1 is 1.30 bits per heavy atom. The van der Waals surface area contributed by atoms with Crippen molar-refractivity contribution in [2.45, 2.75) is 17.6 Å². The summed E-state index contributed by atoms with van der Waals surface area (Å²) in [6.45, 7) is 5.97.